The molecular formula is C4H3N3O4. The van der Waals surface area contributed by atoms with Crippen molar-refractivity contribution in [1.29, 1.82) is 0 Å². The minimum Gasteiger partial charge on any atom is -0.401 e. The number of nitrogens with two attached hydrogens (primary N) is 1. The predicted octanol–water partition coefficient (Wildman–Crippen LogP) is -0.963. The number of isocyanates is 2. The smallest absolute Gasteiger partial charge is 0.401 e. The first kappa shape index (κ1) is 9.03. The van der Waals surface area contributed by atoms with Crippen LogP contribution in [0.5, 0.6) is 0 Å². The summed E-state index contributed by atoms with van der Waals surface area (Å²) in [4.78, 5) is 34.7. The van der Waals surface area contributed by atoms with Gasteiger partial charge in [0.25, 0.3) is 0 Å². The monoisotopic (exact) mass is 157 g/mol. The van der Waals surface area contributed by atoms with Crippen molar-refractivity contribution in [3.05, 3.63) is 0 Å². The largest absolute Gasteiger partial charge is 0.407 e. The summed E-state index contributed by atoms with van der Waals surface area (Å²) >= 11 is 0. The summed E-state index contributed by atoms with van der Waals surface area (Å²) < 4.78 is 4.01. The molecule has 0 aliphatic carbocycles. The van der Waals surface area contributed by atoms with Crippen molar-refractivity contribution in [2.75, 3.05) is 0 Å². The fourth-order valence-electron chi connectivity index (χ4n) is 0.276. The standard InChI is InChI=1S/C4H3N3O4/c5-3(10)11-4(6-1-8)7-2-9/h4H,(H2,5,10). The lowest BCUT2D eigenvalue weighted by Crippen LogP contribution is -2.19. The van der Waals surface area contributed by atoms with Gasteiger partial charge >= 0.3 is 12.4 Å². The number of carbonyl (C=O) groups excluding carboxylic acids is 3. The zero-order valence-electron chi connectivity index (χ0n) is 5.18. The highest BCUT2D eigenvalue weighted by atomic mass is 16.6. The molecule has 0 aromatic carbocycles. The van der Waals surface area contributed by atoms with Crippen LogP contribution in [0.25, 0.3) is 0 Å². The van der Waals surface area contributed by atoms with Crippen LogP contribution >= 0.6 is 0 Å². The first-order chi connectivity index (χ1) is 5.20. The van der Waals surface area contributed by atoms with Crippen LogP contribution < -0.4 is 5.73 Å². The lowest BCUT2D eigenvalue weighted by molar-refractivity contribution is 0.116. The third-order valence-corrected chi connectivity index (χ3v) is 0.548. The van der Waals surface area contributed by atoms with Gasteiger partial charge in [0.1, 0.15) is 0 Å². The van der Waals surface area contributed by atoms with Gasteiger partial charge in [-0.25, -0.2) is 14.4 Å². The number of amides is 1. The molecule has 11 heavy (non-hydrogen) atoms. The first-order valence-corrected chi connectivity index (χ1v) is 2.30. The second-order valence-electron chi connectivity index (χ2n) is 1.20. The Kier molecular flexibility index (Phi) is 4.00. The summed E-state index contributed by atoms with van der Waals surface area (Å²) in [7, 11) is 0. The van der Waals surface area contributed by atoms with Gasteiger partial charge in [0, 0.05) is 0 Å². The molecule has 7 nitrogen and oxygen atoms in total. The molecule has 0 spiro atoms. The molecule has 0 atom stereocenters. The molecule has 0 aromatic heterocycles. The summed E-state index contributed by atoms with van der Waals surface area (Å²) in [5, 5.41) is 0. The number of rotatable bonds is 3. The Hall–Kier alpha value is -1.97. The molecule has 0 radical (unpaired) electrons. The maximum Gasteiger partial charge on any atom is 0.407 e. The fourth-order valence-corrected chi connectivity index (χ4v) is 0.276. The van der Waals surface area contributed by atoms with Crippen LogP contribution in [0.3, 0.4) is 0 Å². The van der Waals surface area contributed by atoms with E-state index in [0.29, 0.717) is 0 Å². The molecule has 58 valence electrons. The molecule has 1 amide bonds. The highest BCUT2D eigenvalue weighted by molar-refractivity contribution is 5.65. The Morgan fingerprint density at radius 1 is 1.36 bits per heavy atom. The molecule has 0 fully saturated rings. The second kappa shape index (κ2) is 4.87. The van der Waals surface area contributed by atoms with Crippen LogP contribution in [0.2, 0.25) is 0 Å². The van der Waals surface area contributed by atoms with E-state index in [9.17, 15) is 14.4 Å². The van der Waals surface area contributed by atoms with Crippen molar-refractivity contribution < 1.29 is 19.1 Å². The average Bonchev–Trinajstić information content (AvgIpc) is 1.87. The van der Waals surface area contributed by atoms with Gasteiger partial charge in [-0.05, 0) is 0 Å². The Bertz CT molecular complexity index is 220. The summed E-state index contributed by atoms with van der Waals surface area (Å²) in [6.07, 6.45) is -0.713. The van der Waals surface area contributed by atoms with Crippen LogP contribution in [0.15, 0.2) is 9.98 Å². The van der Waals surface area contributed by atoms with E-state index < -0.39 is 12.4 Å². The van der Waals surface area contributed by atoms with Gasteiger partial charge in [0.2, 0.25) is 12.2 Å². The van der Waals surface area contributed by atoms with E-state index in [-0.39, 0.29) is 0 Å². The Labute approximate surface area is 60.6 Å². The number of primary amides is 1. The number of ether oxygens (including phenoxy) is 1. The van der Waals surface area contributed by atoms with E-state index in [0.717, 1.165) is 12.2 Å². The van der Waals surface area contributed by atoms with E-state index >= 15 is 0 Å². The zero-order chi connectivity index (χ0) is 8.69. The lowest BCUT2D eigenvalue weighted by atomic mass is 10.9. The second-order valence-corrected chi connectivity index (χ2v) is 1.20. The van der Waals surface area contributed by atoms with Gasteiger partial charge in [-0.3, -0.25) is 0 Å². The summed E-state index contributed by atoms with van der Waals surface area (Å²) in [6.45, 7) is 0. The van der Waals surface area contributed by atoms with Gasteiger partial charge in [0.05, 0.1) is 0 Å². The molecule has 0 heterocycles. The lowest BCUT2D eigenvalue weighted by Gasteiger charge is -2.00. The maximum absolute atomic E-state index is 9.98. The van der Waals surface area contributed by atoms with Gasteiger partial charge in [-0.2, -0.15) is 0 Å². The minimum atomic E-state index is -1.57. The van der Waals surface area contributed by atoms with Crippen molar-refractivity contribution in [1.82, 2.24) is 0 Å². The number of hydrogen-bond donors (Lipinski definition) is 1. The van der Waals surface area contributed by atoms with Gasteiger partial charge < -0.3 is 10.5 Å². The van der Waals surface area contributed by atoms with E-state index in [1.807, 2.05) is 0 Å². The molecule has 0 saturated carbocycles. The van der Waals surface area contributed by atoms with Crippen molar-refractivity contribution in [2.24, 2.45) is 15.7 Å². The van der Waals surface area contributed by atoms with Gasteiger partial charge in [-0.15, -0.1) is 9.98 Å². The van der Waals surface area contributed by atoms with E-state index in [4.69, 9.17) is 0 Å². The molecule has 7 heteroatoms. The molecule has 0 bridgehead atoms. The molecule has 0 unspecified atom stereocenters. The van der Waals surface area contributed by atoms with Crippen LogP contribution in [0.1, 0.15) is 0 Å². The van der Waals surface area contributed by atoms with Gasteiger partial charge in [-0.1, -0.05) is 0 Å². The third-order valence-electron chi connectivity index (χ3n) is 0.548. The molecule has 0 aromatic rings. The number of aliphatic imine (C=N–C) groups is 2. The maximum atomic E-state index is 9.98. The van der Waals surface area contributed by atoms with Crippen LogP contribution in [-0.2, 0) is 14.3 Å². The third kappa shape index (κ3) is 4.53. The molecule has 0 aliphatic heterocycles. The fraction of sp³-hybridized carbons (Fsp3) is 0.250. The average molecular weight is 157 g/mol. The quantitative estimate of drug-likeness (QED) is 0.419. The molecule has 0 rings (SSSR count). The highest BCUT2D eigenvalue weighted by Gasteiger charge is 2.06. The van der Waals surface area contributed by atoms with Gasteiger partial charge in [0.15, 0.2) is 0 Å². The molecule has 2 N–H and O–H groups in total. The Morgan fingerprint density at radius 2 is 1.82 bits per heavy atom. The topological polar surface area (TPSA) is 111 Å². The molecule has 0 aliphatic rings. The first-order valence-electron chi connectivity index (χ1n) is 2.30. The van der Waals surface area contributed by atoms with E-state index in [1.165, 1.54) is 0 Å². The number of nitrogens with zero attached hydrogens (tertiary/aromatic N) is 2. The zero-order valence-corrected chi connectivity index (χ0v) is 5.18. The summed E-state index contributed by atoms with van der Waals surface area (Å²) in [5.74, 6) is 0. The molecular weight excluding hydrogens is 154 g/mol. The van der Waals surface area contributed by atoms with Crippen molar-refractivity contribution in [3.63, 3.8) is 0 Å². The van der Waals surface area contributed by atoms with Crippen molar-refractivity contribution >= 4 is 18.3 Å². The SMILES string of the molecule is NC(=O)OC(N=C=O)N=C=O. The minimum absolute atomic E-state index is 1.03. The van der Waals surface area contributed by atoms with Crippen LogP contribution in [0, 0.1) is 0 Å². The van der Waals surface area contributed by atoms with Crippen molar-refractivity contribution in [2.45, 2.75) is 6.35 Å². The number of hydrogen-bond acceptors (Lipinski definition) is 6. The van der Waals surface area contributed by atoms with E-state index in [1.54, 1.807) is 0 Å². The van der Waals surface area contributed by atoms with Crippen LogP contribution in [0.4, 0.5) is 4.79 Å². The summed E-state index contributed by atoms with van der Waals surface area (Å²) in [5.41, 5.74) is 4.51. The summed E-state index contributed by atoms with van der Waals surface area (Å²) in [6, 6.07) is 0. The Morgan fingerprint density at radius 3 is 2.09 bits per heavy atom. The molecule has 0 saturated heterocycles. The number of carbonyl (C=O) groups is 1. The van der Waals surface area contributed by atoms with E-state index in [2.05, 4.69) is 20.5 Å². The Balaban J connectivity index is 4.21. The predicted molar refractivity (Wildman–Crippen MR) is 30.7 cm³/mol. The normalized spacial score (nSPS) is 10.2. The van der Waals surface area contributed by atoms with Crippen LogP contribution in [-0.4, -0.2) is 24.6 Å². The highest BCUT2D eigenvalue weighted by Crippen LogP contribution is 1.92. The van der Waals surface area contributed by atoms with Crippen molar-refractivity contribution in [3.8, 4) is 0 Å².